The van der Waals surface area contributed by atoms with Crippen molar-refractivity contribution in [2.75, 3.05) is 32.4 Å². The van der Waals surface area contributed by atoms with Gasteiger partial charge in [0.2, 0.25) is 11.7 Å². The fourth-order valence-corrected chi connectivity index (χ4v) is 5.07. The van der Waals surface area contributed by atoms with Crippen LogP contribution in [0.25, 0.3) is 0 Å². The minimum Gasteiger partial charge on any atom is -0.352 e. The van der Waals surface area contributed by atoms with Crippen molar-refractivity contribution in [2.45, 2.75) is 51.0 Å². The lowest BCUT2D eigenvalue weighted by Gasteiger charge is -2.31. The van der Waals surface area contributed by atoms with E-state index in [-0.39, 0.29) is 42.6 Å². The van der Waals surface area contributed by atoms with Gasteiger partial charge in [0.1, 0.15) is 6.04 Å². The van der Waals surface area contributed by atoms with Crippen LogP contribution in [0.5, 0.6) is 0 Å². The van der Waals surface area contributed by atoms with Crippen LogP contribution in [-0.2, 0) is 14.4 Å². The number of nitrogens with one attached hydrogen (secondary N) is 3. The zero-order valence-electron chi connectivity index (χ0n) is 17.4. The molecule has 0 aromatic rings. The molecule has 2 heterocycles. The molecule has 30 heavy (non-hydrogen) atoms. The largest absolute Gasteiger partial charge is 0.352 e. The molecule has 0 aromatic carbocycles. The second kappa shape index (κ2) is 13.4. The number of Topliss-reactive ketones (excluding diaryl/α,β-unsaturated/α-hetero) is 1. The minimum atomic E-state index is -0.773. The number of ketones is 1. The Labute approximate surface area is 194 Å². The Morgan fingerprint density at radius 3 is 2.37 bits per heavy atom. The number of halogens is 2. The van der Waals surface area contributed by atoms with Gasteiger partial charge in [0.15, 0.2) is 5.17 Å². The van der Waals surface area contributed by atoms with E-state index in [1.807, 2.05) is 11.9 Å². The van der Waals surface area contributed by atoms with Gasteiger partial charge in [-0.3, -0.25) is 14.4 Å². The SMILES string of the molecule is CN1CCSC1=NNC(=O)C(=O)C(NC(=O)C1CCCCC1)C1CCNCC1.Cl.Cl. The number of hydrazone groups is 1. The van der Waals surface area contributed by atoms with Crippen molar-refractivity contribution in [3.63, 3.8) is 0 Å². The summed E-state index contributed by atoms with van der Waals surface area (Å²) in [5.41, 5.74) is 2.40. The first kappa shape index (κ1) is 27.0. The summed E-state index contributed by atoms with van der Waals surface area (Å²) in [6.07, 6.45) is 6.52. The third-order valence-electron chi connectivity index (χ3n) is 5.87. The highest BCUT2D eigenvalue weighted by Crippen LogP contribution is 2.25. The summed E-state index contributed by atoms with van der Waals surface area (Å²) in [6, 6.07) is -0.773. The molecule has 8 nitrogen and oxygen atoms in total. The highest BCUT2D eigenvalue weighted by molar-refractivity contribution is 8.14. The summed E-state index contributed by atoms with van der Waals surface area (Å²) in [4.78, 5) is 40.1. The number of nitrogens with zero attached hydrogens (tertiary/aromatic N) is 2. The molecule has 0 spiro atoms. The Morgan fingerprint density at radius 2 is 1.77 bits per heavy atom. The van der Waals surface area contributed by atoms with Gasteiger partial charge in [-0.2, -0.15) is 0 Å². The van der Waals surface area contributed by atoms with Gasteiger partial charge in [0, 0.05) is 25.3 Å². The lowest BCUT2D eigenvalue weighted by atomic mass is 9.85. The summed E-state index contributed by atoms with van der Waals surface area (Å²) in [6.45, 7) is 2.45. The van der Waals surface area contributed by atoms with Gasteiger partial charge >= 0.3 is 5.91 Å². The van der Waals surface area contributed by atoms with Crippen molar-refractivity contribution < 1.29 is 14.4 Å². The van der Waals surface area contributed by atoms with E-state index in [9.17, 15) is 14.4 Å². The normalized spacial score (nSPS) is 22.6. The number of carbonyl (C=O) groups is 3. The molecule has 0 bridgehead atoms. The van der Waals surface area contributed by atoms with E-state index in [0.29, 0.717) is 5.17 Å². The Bertz CT molecular complexity index is 625. The van der Waals surface area contributed by atoms with Crippen LogP contribution in [0.2, 0.25) is 0 Å². The Hall–Kier alpha value is -1.03. The van der Waals surface area contributed by atoms with Crippen molar-refractivity contribution in [1.82, 2.24) is 21.0 Å². The molecule has 11 heteroatoms. The first-order chi connectivity index (χ1) is 13.6. The summed E-state index contributed by atoms with van der Waals surface area (Å²) >= 11 is 1.54. The average Bonchev–Trinajstić information content (AvgIpc) is 3.15. The molecule has 2 amide bonds. The number of carbonyl (C=O) groups excluding carboxylic acids is 3. The van der Waals surface area contributed by atoms with Crippen LogP contribution in [0.1, 0.15) is 44.9 Å². The summed E-state index contributed by atoms with van der Waals surface area (Å²) < 4.78 is 0. The van der Waals surface area contributed by atoms with Crippen LogP contribution < -0.4 is 16.1 Å². The van der Waals surface area contributed by atoms with Crippen LogP contribution in [0.15, 0.2) is 5.10 Å². The minimum absolute atomic E-state index is 0. The lowest BCUT2D eigenvalue weighted by molar-refractivity contribution is -0.141. The number of amides is 2. The summed E-state index contributed by atoms with van der Waals surface area (Å²) in [5, 5.41) is 11.0. The Balaban J connectivity index is 0.00000225. The molecule has 1 atom stereocenters. The van der Waals surface area contributed by atoms with Crippen molar-refractivity contribution in [2.24, 2.45) is 16.9 Å². The van der Waals surface area contributed by atoms with E-state index >= 15 is 0 Å². The van der Waals surface area contributed by atoms with Crippen molar-refractivity contribution in [3.05, 3.63) is 0 Å². The molecule has 1 aliphatic carbocycles. The summed E-state index contributed by atoms with van der Waals surface area (Å²) in [7, 11) is 1.90. The molecular formula is C19H33Cl2N5O3S. The lowest BCUT2D eigenvalue weighted by Crippen LogP contribution is -2.54. The fourth-order valence-electron chi connectivity index (χ4n) is 4.10. The molecule has 1 saturated carbocycles. The first-order valence-corrected chi connectivity index (χ1v) is 11.3. The van der Waals surface area contributed by atoms with Crippen molar-refractivity contribution in [3.8, 4) is 0 Å². The van der Waals surface area contributed by atoms with E-state index in [4.69, 9.17) is 0 Å². The van der Waals surface area contributed by atoms with Gasteiger partial charge in [0.05, 0.1) is 0 Å². The maximum absolute atomic E-state index is 12.9. The topological polar surface area (TPSA) is 103 Å². The van der Waals surface area contributed by atoms with Gasteiger partial charge in [-0.15, -0.1) is 29.9 Å². The molecule has 3 fully saturated rings. The van der Waals surface area contributed by atoms with Crippen LogP contribution in [0, 0.1) is 11.8 Å². The first-order valence-electron chi connectivity index (χ1n) is 10.3. The molecule has 0 radical (unpaired) electrons. The quantitative estimate of drug-likeness (QED) is 0.392. The van der Waals surface area contributed by atoms with Crippen LogP contribution in [0.4, 0.5) is 0 Å². The standard InChI is InChI=1S/C19H31N5O3S.2ClH/c1-24-11-12-28-19(24)23-22-18(27)16(25)15(13-7-9-20-10-8-13)21-17(26)14-5-3-2-4-6-14;;/h13-15,20H,2-12H2,1H3,(H,21,26)(H,22,27);2*1H. The Morgan fingerprint density at radius 1 is 1.10 bits per heavy atom. The van der Waals surface area contributed by atoms with E-state index in [1.54, 1.807) is 11.8 Å². The Kier molecular flexibility index (Phi) is 12.1. The van der Waals surface area contributed by atoms with Crippen LogP contribution >= 0.6 is 36.6 Å². The molecule has 0 aromatic heterocycles. The number of piperidine rings is 1. The van der Waals surface area contributed by atoms with Crippen LogP contribution in [-0.4, -0.2) is 66.1 Å². The molecule has 1 unspecified atom stereocenters. The number of rotatable bonds is 6. The third kappa shape index (κ3) is 7.28. The summed E-state index contributed by atoms with van der Waals surface area (Å²) in [5.74, 6) is -0.580. The van der Waals surface area contributed by atoms with Gasteiger partial charge in [-0.05, 0) is 44.7 Å². The van der Waals surface area contributed by atoms with Crippen LogP contribution in [0.3, 0.4) is 0 Å². The maximum atomic E-state index is 12.9. The van der Waals surface area contributed by atoms with Gasteiger partial charge in [-0.25, -0.2) is 5.43 Å². The molecule has 2 saturated heterocycles. The second-order valence-electron chi connectivity index (χ2n) is 7.88. The molecule has 172 valence electrons. The van der Waals surface area contributed by atoms with Gasteiger partial charge in [0.25, 0.3) is 0 Å². The average molecular weight is 482 g/mol. The predicted molar refractivity (Wildman–Crippen MR) is 124 cm³/mol. The van der Waals surface area contributed by atoms with E-state index in [1.165, 1.54) is 0 Å². The second-order valence-corrected chi connectivity index (χ2v) is 8.94. The maximum Gasteiger partial charge on any atom is 0.309 e. The highest BCUT2D eigenvalue weighted by atomic mass is 35.5. The predicted octanol–water partition coefficient (Wildman–Crippen LogP) is 1.53. The molecule has 3 rings (SSSR count). The molecule has 3 aliphatic rings. The highest BCUT2D eigenvalue weighted by Gasteiger charge is 2.36. The molecule has 3 N–H and O–H groups in total. The van der Waals surface area contributed by atoms with Gasteiger partial charge < -0.3 is 15.5 Å². The zero-order chi connectivity index (χ0) is 19.9. The fraction of sp³-hybridized carbons (Fsp3) is 0.789. The number of hydrogen-bond acceptors (Lipinski definition) is 6. The number of amidine groups is 1. The smallest absolute Gasteiger partial charge is 0.309 e. The number of hydrogen-bond donors (Lipinski definition) is 3. The van der Waals surface area contributed by atoms with E-state index in [2.05, 4.69) is 21.2 Å². The monoisotopic (exact) mass is 481 g/mol. The van der Waals surface area contributed by atoms with Crippen molar-refractivity contribution in [1.29, 1.82) is 0 Å². The van der Waals surface area contributed by atoms with Gasteiger partial charge in [-0.1, -0.05) is 31.0 Å². The number of thioether (sulfide) groups is 1. The molecular weight excluding hydrogens is 449 g/mol. The van der Waals surface area contributed by atoms with E-state index in [0.717, 1.165) is 70.3 Å². The molecule has 2 aliphatic heterocycles. The zero-order valence-corrected chi connectivity index (χ0v) is 19.8. The third-order valence-corrected chi connectivity index (χ3v) is 6.92. The van der Waals surface area contributed by atoms with Crippen molar-refractivity contribution >= 4 is 59.3 Å². The van der Waals surface area contributed by atoms with E-state index < -0.39 is 17.7 Å².